The number of hydrogen-bond acceptors (Lipinski definition) is 5. The zero-order valence-corrected chi connectivity index (χ0v) is 15.5. The number of hydrogen-bond donors (Lipinski definition) is 2. The van der Waals surface area contributed by atoms with E-state index < -0.39 is 16.9 Å². The first-order valence-corrected chi connectivity index (χ1v) is 8.38. The van der Waals surface area contributed by atoms with Crippen LogP contribution in [0.5, 0.6) is 0 Å². The highest BCUT2D eigenvalue weighted by Crippen LogP contribution is 2.33. The van der Waals surface area contributed by atoms with E-state index in [1.165, 1.54) is 12.1 Å². The molecule has 0 aliphatic carbocycles. The van der Waals surface area contributed by atoms with Gasteiger partial charge in [0.2, 0.25) is 0 Å². The first-order chi connectivity index (χ1) is 11.7. The largest absolute Gasteiger partial charge is 0.462 e. The Balaban J connectivity index is 2.44. The lowest BCUT2D eigenvalue weighted by Gasteiger charge is -2.30. The second kappa shape index (κ2) is 7.79. The van der Waals surface area contributed by atoms with Crippen molar-refractivity contribution in [2.24, 2.45) is 5.92 Å². The molecule has 134 valence electrons. The Morgan fingerprint density at radius 1 is 1.48 bits per heavy atom. The predicted molar refractivity (Wildman–Crippen MR) is 98.2 cm³/mol. The van der Waals surface area contributed by atoms with Gasteiger partial charge in [0, 0.05) is 11.8 Å². The molecule has 0 fully saturated rings. The molecule has 1 aliphatic heterocycles. The molecule has 25 heavy (non-hydrogen) atoms. The van der Waals surface area contributed by atoms with Crippen LogP contribution in [0, 0.1) is 16.0 Å². The van der Waals surface area contributed by atoms with Gasteiger partial charge < -0.3 is 15.4 Å². The van der Waals surface area contributed by atoms with E-state index in [-0.39, 0.29) is 23.2 Å². The molecule has 2 N–H and O–H groups in total. The number of carbonyl (C=O) groups is 1. The Labute approximate surface area is 155 Å². The monoisotopic (exact) mass is 383 g/mol. The number of nitrogens with zero attached hydrogens (tertiary/aromatic N) is 1. The summed E-state index contributed by atoms with van der Waals surface area (Å²) in [5.41, 5.74) is 1.12. The zero-order chi connectivity index (χ0) is 18.7. The molecule has 1 heterocycles. The number of thiocarbonyl (C=S) groups is 1. The molecule has 1 aromatic carbocycles. The lowest BCUT2D eigenvalue weighted by Crippen LogP contribution is -2.45. The quantitative estimate of drug-likeness (QED) is 0.349. The van der Waals surface area contributed by atoms with Gasteiger partial charge in [0.1, 0.15) is 5.02 Å². The highest BCUT2D eigenvalue weighted by atomic mass is 35.5. The third-order valence-corrected chi connectivity index (χ3v) is 4.08. The molecule has 1 aromatic rings. The first kappa shape index (κ1) is 19.1. The van der Waals surface area contributed by atoms with Gasteiger partial charge in [-0.25, -0.2) is 4.79 Å². The third-order valence-electron chi connectivity index (χ3n) is 3.54. The van der Waals surface area contributed by atoms with Crippen LogP contribution in [0.15, 0.2) is 29.5 Å². The predicted octanol–water partition coefficient (Wildman–Crippen LogP) is 3.24. The average Bonchev–Trinajstić information content (AvgIpc) is 2.52. The average molecular weight is 384 g/mol. The maximum atomic E-state index is 12.5. The van der Waals surface area contributed by atoms with Crippen LogP contribution in [0.2, 0.25) is 5.02 Å². The zero-order valence-electron chi connectivity index (χ0n) is 14.0. The van der Waals surface area contributed by atoms with Gasteiger partial charge in [-0.2, -0.15) is 0 Å². The topological polar surface area (TPSA) is 93.5 Å². The summed E-state index contributed by atoms with van der Waals surface area (Å²) in [5.74, 6) is -0.318. The van der Waals surface area contributed by atoms with Crippen LogP contribution in [-0.2, 0) is 9.53 Å². The summed E-state index contributed by atoms with van der Waals surface area (Å²) in [7, 11) is 0. The maximum Gasteiger partial charge on any atom is 0.338 e. The Kier molecular flexibility index (Phi) is 5.97. The molecule has 0 amide bonds. The highest BCUT2D eigenvalue weighted by molar-refractivity contribution is 7.80. The minimum Gasteiger partial charge on any atom is -0.462 e. The number of ether oxygens (including phenoxy) is 1. The van der Waals surface area contributed by atoms with Gasteiger partial charge in [0.05, 0.1) is 23.1 Å². The molecular formula is C16H18ClN3O4S. The number of halogens is 1. The van der Waals surface area contributed by atoms with Crippen molar-refractivity contribution in [3.05, 3.63) is 50.2 Å². The fraction of sp³-hybridized carbons (Fsp3) is 0.375. The number of rotatable bonds is 5. The van der Waals surface area contributed by atoms with Crippen LogP contribution in [0.4, 0.5) is 5.69 Å². The summed E-state index contributed by atoms with van der Waals surface area (Å²) in [4.78, 5) is 23.1. The van der Waals surface area contributed by atoms with E-state index in [0.29, 0.717) is 21.9 Å². The van der Waals surface area contributed by atoms with E-state index >= 15 is 0 Å². The van der Waals surface area contributed by atoms with Gasteiger partial charge in [0.15, 0.2) is 5.11 Å². The van der Waals surface area contributed by atoms with Crippen molar-refractivity contribution < 1.29 is 14.5 Å². The Morgan fingerprint density at radius 3 is 2.76 bits per heavy atom. The number of carbonyl (C=O) groups excluding carboxylic acids is 1. The van der Waals surface area contributed by atoms with Gasteiger partial charge in [-0.1, -0.05) is 31.5 Å². The maximum absolute atomic E-state index is 12.5. The van der Waals surface area contributed by atoms with Crippen LogP contribution in [-0.4, -0.2) is 22.6 Å². The van der Waals surface area contributed by atoms with Crippen molar-refractivity contribution in [3.63, 3.8) is 0 Å². The van der Waals surface area contributed by atoms with Gasteiger partial charge in [-0.15, -0.1) is 0 Å². The fourth-order valence-electron chi connectivity index (χ4n) is 2.38. The fourth-order valence-corrected chi connectivity index (χ4v) is 2.84. The summed E-state index contributed by atoms with van der Waals surface area (Å²) < 4.78 is 5.32. The summed E-state index contributed by atoms with van der Waals surface area (Å²) in [6.07, 6.45) is 0. The first-order valence-electron chi connectivity index (χ1n) is 7.60. The van der Waals surface area contributed by atoms with E-state index in [9.17, 15) is 14.9 Å². The van der Waals surface area contributed by atoms with E-state index in [1.807, 2.05) is 13.8 Å². The molecule has 2 rings (SSSR count). The number of nitrogens with one attached hydrogen (secondary N) is 2. The summed E-state index contributed by atoms with van der Waals surface area (Å²) in [5, 5.41) is 17.3. The molecule has 0 bridgehead atoms. The van der Waals surface area contributed by atoms with Crippen molar-refractivity contribution in [3.8, 4) is 0 Å². The standard InChI is InChI=1S/C16H18ClN3O4S/c1-8(2)7-24-15(21)13-9(3)18-16(25)19-14(13)10-4-5-11(17)12(6-10)20(22)23/h4-6,8,14H,7H2,1-3H3,(H2,18,19,25)/t14-/m0/s1. The number of esters is 1. The molecule has 1 atom stereocenters. The van der Waals surface area contributed by atoms with Crippen LogP contribution in [0.1, 0.15) is 32.4 Å². The SMILES string of the molecule is CC1=C(C(=O)OCC(C)C)[C@H](c2ccc(Cl)c([N+](=O)[O-])c2)NC(=S)N1. The Morgan fingerprint density at radius 2 is 2.16 bits per heavy atom. The summed E-state index contributed by atoms with van der Waals surface area (Å²) >= 11 is 11.0. The van der Waals surface area contributed by atoms with Crippen molar-refractivity contribution in [1.82, 2.24) is 10.6 Å². The van der Waals surface area contributed by atoms with E-state index in [1.54, 1.807) is 13.0 Å². The second-order valence-electron chi connectivity index (χ2n) is 6.03. The molecular weight excluding hydrogens is 366 g/mol. The number of allylic oxidation sites excluding steroid dienone is 1. The number of benzene rings is 1. The molecule has 0 aromatic heterocycles. The van der Waals surface area contributed by atoms with Crippen molar-refractivity contribution in [2.75, 3.05) is 6.61 Å². The van der Waals surface area contributed by atoms with Crippen molar-refractivity contribution in [1.29, 1.82) is 0 Å². The van der Waals surface area contributed by atoms with Crippen LogP contribution in [0.25, 0.3) is 0 Å². The molecule has 0 saturated heterocycles. The van der Waals surface area contributed by atoms with Crippen LogP contribution < -0.4 is 10.6 Å². The Bertz CT molecular complexity index is 764. The van der Waals surface area contributed by atoms with E-state index in [4.69, 9.17) is 28.6 Å². The number of nitro benzene ring substituents is 1. The minimum atomic E-state index is -0.663. The normalized spacial score (nSPS) is 17.2. The highest BCUT2D eigenvalue weighted by Gasteiger charge is 2.32. The number of nitro groups is 1. The lowest BCUT2D eigenvalue weighted by molar-refractivity contribution is -0.384. The van der Waals surface area contributed by atoms with Crippen LogP contribution >= 0.6 is 23.8 Å². The molecule has 9 heteroatoms. The summed E-state index contributed by atoms with van der Waals surface area (Å²) in [6, 6.07) is 3.71. The smallest absolute Gasteiger partial charge is 0.338 e. The van der Waals surface area contributed by atoms with E-state index in [0.717, 1.165) is 0 Å². The molecule has 7 nitrogen and oxygen atoms in total. The third kappa shape index (κ3) is 4.46. The second-order valence-corrected chi connectivity index (χ2v) is 6.85. The lowest BCUT2D eigenvalue weighted by atomic mass is 9.95. The van der Waals surface area contributed by atoms with Gasteiger partial charge in [-0.05, 0) is 36.7 Å². The summed E-state index contributed by atoms with van der Waals surface area (Å²) in [6.45, 7) is 5.84. The molecule has 1 aliphatic rings. The molecule has 0 unspecified atom stereocenters. The van der Waals surface area contributed by atoms with Crippen molar-refractivity contribution in [2.45, 2.75) is 26.8 Å². The van der Waals surface area contributed by atoms with Gasteiger partial charge in [-0.3, -0.25) is 10.1 Å². The van der Waals surface area contributed by atoms with Gasteiger partial charge >= 0.3 is 5.97 Å². The molecule has 0 saturated carbocycles. The van der Waals surface area contributed by atoms with Gasteiger partial charge in [0.25, 0.3) is 5.69 Å². The molecule has 0 radical (unpaired) electrons. The van der Waals surface area contributed by atoms with Crippen molar-refractivity contribution >= 4 is 40.6 Å². The molecule has 0 spiro atoms. The van der Waals surface area contributed by atoms with Crippen LogP contribution in [0.3, 0.4) is 0 Å². The minimum absolute atomic E-state index is 0.0231. The Hall–Kier alpha value is -2.19. The van der Waals surface area contributed by atoms with E-state index in [2.05, 4.69) is 10.6 Å².